The lowest BCUT2D eigenvalue weighted by molar-refractivity contribution is -0.122. The fraction of sp³-hybridized carbons (Fsp3) is 0.765. The molecule has 22 heavy (non-hydrogen) atoms. The summed E-state index contributed by atoms with van der Waals surface area (Å²) in [5, 5.41) is 13.2. The van der Waals surface area contributed by atoms with Gasteiger partial charge in [0.25, 0.3) is 0 Å². The number of rotatable bonds is 4. The number of nitrogens with zero attached hydrogens (tertiary/aromatic N) is 2. The smallest absolute Gasteiger partial charge is 0.240 e. The van der Waals surface area contributed by atoms with E-state index in [1.807, 2.05) is 4.57 Å². The topological polar surface area (TPSA) is 67.2 Å². The summed E-state index contributed by atoms with van der Waals surface area (Å²) in [6.45, 7) is 2.98. The number of nitrogens with one attached hydrogen (secondary N) is 1. The van der Waals surface area contributed by atoms with Crippen molar-refractivity contribution in [1.82, 2.24) is 14.9 Å². The van der Waals surface area contributed by atoms with Gasteiger partial charge in [-0.2, -0.15) is 0 Å². The van der Waals surface area contributed by atoms with E-state index in [1.54, 1.807) is 6.33 Å². The number of aryl methyl sites for hydroxylation is 1. The van der Waals surface area contributed by atoms with Crippen molar-refractivity contribution in [1.29, 1.82) is 0 Å². The van der Waals surface area contributed by atoms with Gasteiger partial charge in [-0.1, -0.05) is 19.8 Å². The van der Waals surface area contributed by atoms with Crippen molar-refractivity contribution in [3.05, 3.63) is 17.7 Å². The molecular weight excluding hydrogens is 278 g/mol. The van der Waals surface area contributed by atoms with Crippen molar-refractivity contribution in [2.24, 2.45) is 5.41 Å². The second-order valence-corrected chi connectivity index (χ2v) is 7.17. The van der Waals surface area contributed by atoms with Gasteiger partial charge in [0.05, 0.1) is 18.1 Å². The molecule has 1 heterocycles. The number of imidazole rings is 1. The van der Waals surface area contributed by atoms with Crippen molar-refractivity contribution in [3.8, 4) is 0 Å². The highest BCUT2D eigenvalue weighted by molar-refractivity contribution is 5.75. The van der Waals surface area contributed by atoms with Crippen LogP contribution in [0.5, 0.6) is 0 Å². The van der Waals surface area contributed by atoms with Crippen LogP contribution in [0.15, 0.2) is 6.33 Å². The van der Waals surface area contributed by atoms with Crippen LogP contribution in [0.2, 0.25) is 0 Å². The summed E-state index contributed by atoms with van der Waals surface area (Å²) in [4.78, 5) is 16.7. The first-order valence-electron chi connectivity index (χ1n) is 8.56. The Bertz CT molecular complexity index is 540. The third-order valence-corrected chi connectivity index (χ3v) is 5.39. The van der Waals surface area contributed by atoms with E-state index in [0.717, 1.165) is 44.2 Å². The largest absolute Gasteiger partial charge is 0.392 e. The fourth-order valence-electron chi connectivity index (χ4n) is 3.77. The highest BCUT2D eigenvalue weighted by atomic mass is 16.3. The first-order valence-corrected chi connectivity index (χ1v) is 8.56. The van der Waals surface area contributed by atoms with Crippen LogP contribution in [0.1, 0.15) is 56.8 Å². The standard InChI is InChI=1S/C17H27N3O2/c1-17(9-5-4-8-15(17)21)11-18-16(22)10-20-12-19-13-6-2-3-7-14(13)20/h12,15,21H,2-11H2,1H3,(H,18,22). The van der Waals surface area contributed by atoms with Crippen LogP contribution >= 0.6 is 0 Å². The molecule has 0 aliphatic heterocycles. The molecule has 2 atom stereocenters. The molecular formula is C17H27N3O2. The number of fused-ring (bicyclic) bond motifs is 1. The van der Waals surface area contributed by atoms with E-state index in [0.29, 0.717) is 13.1 Å². The minimum Gasteiger partial charge on any atom is -0.392 e. The van der Waals surface area contributed by atoms with E-state index in [1.165, 1.54) is 18.5 Å². The molecule has 1 fully saturated rings. The number of hydrogen-bond acceptors (Lipinski definition) is 3. The predicted molar refractivity (Wildman–Crippen MR) is 84.5 cm³/mol. The van der Waals surface area contributed by atoms with Crippen molar-refractivity contribution < 1.29 is 9.90 Å². The van der Waals surface area contributed by atoms with Gasteiger partial charge in [0, 0.05) is 17.7 Å². The highest BCUT2D eigenvalue weighted by Crippen LogP contribution is 2.35. The van der Waals surface area contributed by atoms with Crippen molar-refractivity contribution >= 4 is 5.91 Å². The molecule has 0 radical (unpaired) electrons. The van der Waals surface area contributed by atoms with Crippen LogP contribution in [0, 0.1) is 5.41 Å². The molecule has 1 saturated carbocycles. The average Bonchev–Trinajstić information content (AvgIpc) is 2.92. The van der Waals surface area contributed by atoms with Crippen LogP contribution < -0.4 is 5.32 Å². The van der Waals surface area contributed by atoms with Crippen molar-refractivity contribution in [2.75, 3.05) is 6.54 Å². The lowest BCUT2D eigenvalue weighted by Gasteiger charge is -2.38. The van der Waals surface area contributed by atoms with Gasteiger partial charge in [0.1, 0.15) is 6.54 Å². The first-order chi connectivity index (χ1) is 10.6. The molecule has 1 amide bonds. The average molecular weight is 305 g/mol. The quantitative estimate of drug-likeness (QED) is 0.891. The van der Waals surface area contributed by atoms with Crippen molar-refractivity contribution in [2.45, 2.75) is 70.9 Å². The molecule has 0 saturated heterocycles. The molecule has 3 rings (SSSR count). The monoisotopic (exact) mass is 305 g/mol. The number of aromatic nitrogens is 2. The van der Waals surface area contributed by atoms with E-state index >= 15 is 0 Å². The van der Waals surface area contributed by atoms with Gasteiger partial charge in [-0.3, -0.25) is 4.79 Å². The van der Waals surface area contributed by atoms with E-state index in [2.05, 4.69) is 17.2 Å². The Kier molecular flexibility index (Phi) is 4.52. The Morgan fingerprint density at radius 2 is 2.23 bits per heavy atom. The zero-order valence-electron chi connectivity index (χ0n) is 13.5. The van der Waals surface area contributed by atoms with Crippen LogP contribution in [0.25, 0.3) is 0 Å². The molecule has 2 aliphatic carbocycles. The second-order valence-electron chi connectivity index (χ2n) is 7.17. The van der Waals surface area contributed by atoms with Crippen LogP contribution in [0.4, 0.5) is 0 Å². The number of carbonyl (C=O) groups excluding carboxylic acids is 1. The van der Waals surface area contributed by atoms with Gasteiger partial charge in [0.2, 0.25) is 5.91 Å². The summed E-state index contributed by atoms with van der Waals surface area (Å²) in [6.07, 6.45) is 10.0. The third-order valence-electron chi connectivity index (χ3n) is 5.39. The van der Waals surface area contributed by atoms with E-state index in [9.17, 15) is 9.90 Å². The van der Waals surface area contributed by atoms with E-state index in [-0.39, 0.29) is 17.4 Å². The number of hydrogen-bond donors (Lipinski definition) is 2. The molecule has 2 aliphatic rings. The Labute approximate surface area is 132 Å². The zero-order valence-corrected chi connectivity index (χ0v) is 13.5. The molecule has 2 unspecified atom stereocenters. The van der Waals surface area contributed by atoms with Crippen LogP contribution in [0.3, 0.4) is 0 Å². The Morgan fingerprint density at radius 1 is 1.41 bits per heavy atom. The summed E-state index contributed by atoms with van der Waals surface area (Å²) in [7, 11) is 0. The summed E-state index contributed by atoms with van der Waals surface area (Å²) in [5.74, 6) is 0.0183. The predicted octanol–water partition coefficient (Wildman–Crippen LogP) is 1.82. The Balaban J connectivity index is 1.55. The number of carbonyl (C=O) groups is 1. The number of amides is 1. The van der Waals surface area contributed by atoms with Gasteiger partial charge in [-0.15, -0.1) is 0 Å². The molecule has 122 valence electrons. The summed E-state index contributed by atoms with van der Waals surface area (Å²) in [6, 6.07) is 0. The molecule has 0 bridgehead atoms. The number of aliphatic hydroxyl groups is 1. The molecule has 1 aromatic heterocycles. The molecule has 0 aromatic carbocycles. The summed E-state index contributed by atoms with van der Waals surface area (Å²) >= 11 is 0. The lowest BCUT2D eigenvalue weighted by atomic mass is 9.73. The maximum absolute atomic E-state index is 12.2. The first kappa shape index (κ1) is 15.5. The summed E-state index contributed by atoms with van der Waals surface area (Å²) in [5.41, 5.74) is 2.21. The van der Waals surface area contributed by atoms with Gasteiger partial charge in [-0.05, 0) is 38.5 Å². The molecule has 2 N–H and O–H groups in total. The lowest BCUT2D eigenvalue weighted by Crippen LogP contribution is -2.45. The third kappa shape index (κ3) is 3.19. The molecule has 0 spiro atoms. The maximum atomic E-state index is 12.2. The normalized spacial score (nSPS) is 28.2. The summed E-state index contributed by atoms with van der Waals surface area (Å²) < 4.78 is 1.99. The van der Waals surface area contributed by atoms with Gasteiger partial charge < -0.3 is 15.0 Å². The SMILES string of the molecule is CC1(CNC(=O)Cn2cnc3c2CCCC3)CCCCC1O. The van der Waals surface area contributed by atoms with Gasteiger partial charge in [-0.25, -0.2) is 4.98 Å². The molecule has 5 heteroatoms. The fourth-order valence-corrected chi connectivity index (χ4v) is 3.77. The zero-order chi connectivity index (χ0) is 15.6. The Hall–Kier alpha value is -1.36. The second kappa shape index (κ2) is 6.41. The van der Waals surface area contributed by atoms with Gasteiger partial charge >= 0.3 is 0 Å². The van der Waals surface area contributed by atoms with Gasteiger partial charge in [0.15, 0.2) is 0 Å². The Morgan fingerprint density at radius 3 is 3.05 bits per heavy atom. The highest BCUT2D eigenvalue weighted by Gasteiger charge is 2.35. The van der Waals surface area contributed by atoms with E-state index < -0.39 is 0 Å². The minimum absolute atomic E-state index is 0.0183. The van der Waals surface area contributed by atoms with Crippen molar-refractivity contribution in [3.63, 3.8) is 0 Å². The number of aliphatic hydroxyl groups excluding tert-OH is 1. The van der Waals surface area contributed by atoms with E-state index in [4.69, 9.17) is 0 Å². The molecule has 1 aromatic rings. The maximum Gasteiger partial charge on any atom is 0.240 e. The minimum atomic E-state index is -0.303. The van der Waals surface area contributed by atoms with Crippen LogP contribution in [-0.2, 0) is 24.2 Å². The molecule has 5 nitrogen and oxygen atoms in total. The van der Waals surface area contributed by atoms with Crippen LogP contribution in [-0.4, -0.2) is 33.2 Å².